The Morgan fingerprint density at radius 2 is 1.68 bits per heavy atom. The van der Waals surface area contributed by atoms with Crippen molar-refractivity contribution in [1.82, 2.24) is 4.98 Å². The summed E-state index contributed by atoms with van der Waals surface area (Å²) in [6, 6.07) is 20.5. The van der Waals surface area contributed by atoms with E-state index in [0.717, 1.165) is 21.1 Å². The molecule has 0 saturated heterocycles. The predicted molar refractivity (Wildman–Crippen MR) is 84.8 cm³/mol. The average Bonchev–Trinajstić information content (AvgIpc) is 2.46. The Hall–Kier alpha value is -1.93. The van der Waals surface area contributed by atoms with Crippen LogP contribution < -0.4 is 0 Å². The molecule has 1 nitrogen and oxygen atoms in total. The first-order valence-electron chi connectivity index (χ1n) is 6.11. The van der Waals surface area contributed by atoms with Crippen LogP contribution in [0.25, 0.3) is 23.1 Å². The fraction of sp³-hybridized carbons (Fsp3) is 0. The van der Waals surface area contributed by atoms with Crippen LogP contribution in [0.1, 0.15) is 11.3 Å². The van der Waals surface area contributed by atoms with Crippen LogP contribution in [0.4, 0.5) is 0 Å². The van der Waals surface area contributed by atoms with Crippen molar-refractivity contribution >= 4 is 39.0 Å². The minimum absolute atomic E-state index is 0.971. The Bertz CT molecular complexity index is 733. The van der Waals surface area contributed by atoms with E-state index in [2.05, 4.69) is 51.3 Å². The van der Waals surface area contributed by atoms with Crippen LogP contribution >= 0.6 is 15.9 Å². The first kappa shape index (κ1) is 12.1. The van der Waals surface area contributed by atoms with E-state index in [1.807, 2.05) is 42.5 Å². The minimum atomic E-state index is 0.971. The zero-order chi connectivity index (χ0) is 13.1. The maximum atomic E-state index is 4.62. The monoisotopic (exact) mass is 309 g/mol. The van der Waals surface area contributed by atoms with Crippen LogP contribution in [0.15, 0.2) is 65.1 Å². The van der Waals surface area contributed by atoms with Crippen molar-refractivity contribution in [1.29, 1.82) is 0 Å². The van der Waals surface area contributed by atoms with E-state index in [1.165, 1.54) is 5.56 Å². The van der Waals surface area contributed by atoms with Crippen LogP contribution in [-0.2, 0) is 0 Å². The summed E-state index contributed by atoms with van der Waals surface area (Å²) in [5.41, 5.74) is 3.16. The molecule has 0 fully saturated rings. The lowest BCUT2D eigenvalue weighted by Gasteiger charge is -2.00. The molecule has 0 spiro atoms. The summed E-state index contributed by atoms with van der Waals surface area (Å²) in [6.45, 7) is 0. The van der Waals surface area contributed by atoms with Gasteiger partial charge in [-0.25, -0.2) is 4.98 Å². The van der Waals surface area contributed by atoms with Gasteiger partial charge in [-0.15, -0.1) is 0 Å². The van der Waals surface area contributed by atoms with Gasteiger partial charge in [-0.1, -0.05) is 58.4 Å². The molecule has 19 heavy (non-hydrogen) atoms. The van der Waals surface area contributed by atoms with Gasteiger partial charge in [0.25, 0.3) is 0 Å². The van der Waals surface area contributed by atoms with E-state index in [9.17, 15) is 0 Å². The Morgan fingerprint density at radius 1 is 0.842 bits per heavy atom. The average molecular weight is 310 g/mol. The second-order valence-corrected chi connectivity index (χ2v) is 5.23. The fourth-order valence-corrected chi connectivity index (χ4v) is 2.33. The zero-order valence-corrected chi connectivity index (χ0v) is 11.8. The number of hydrogen-bond donors (Lipinski definition) is 0. The Kier molecular flexibility index (Phi) is 3.43. The SMILES string of the molecule is Brc1ccc2nc(C=Cc3ccccc3)ccc2c1. The third-order valence-electron chi connectivity index (χ3n) is 2.92. The van der Waals surface area contributed by atoms with Gasteiger partial charge in [0.15, 0.2) is 0 Å². The zero-order valence-electron chi connectivity index (χ0n) is 10.3. The van der Waals surface area contributed by atoms with Crippen LogP contribution in [0.5, 0.6) is 0 Å². The highest BCUT2D eigenvalue weighted by molar-refractivity contribution is 9.10. The van der Waals surface area contributed by atoms with Gasteiger partial charge in [-0.2, -0.15) is 0 Å². The molecular formula is C17H12BrN. The number of hydrogen-bond acceptors (Lipinski definition) is 1. The Labute approximate surface area is 120 Å². The molecule has 0 aliphatic heterocycles. The topological polar surface area (TPSA) is 12.9 Å². The van der Waals surface area contributed by atoms with E-state index >= 15 is 0 Å². The lowest BCUT2D eigenvalue weighted by atomic mass is 10.1. The fourth-order valence-electron chi connectivity index (χ4n) is 1.95. The first-order chi connectivity index (χ1) is 9.31. The maximum Gasteiger partial charge on any atom is 0.0710 e. The lowest BCUT2D eigenvalue weighted by molar-refractivity contribution is 1.37. The molecule has 0 saturated carbocycles. The molecule has 0 N–H and O–H groups in total. The number of halogens is 1. The first-order valence-corrected chi connectivity index (χ1v) is 6.90. The van der Waals surface area contributed by atoms with Crippen LogP contribution in [0, 0.1) is 0 Å². The van der Waals surface area contributed by atoms with E-state index in [1.54, 1.807) is 0 Å². The second kappa shape index (κ2) is 5.37. The van der Waals surface area contributed by atoms with E-state index in [0.29, 0.717) is 0 Å². The number of pyridine rings is 1. The third-order valence-corrected chi connectivity index (χ3v) is 3.41. The van der Waals surface area contributed by atoms with Crippen molar-refractivity contribution in [2.45, 2.75) is 0 Å². The predicted octanol–water partition coefficient (Wildman–Crippen LogP) is 5.17. The quantitative estimate of drug-likeness (QED) is 0.636. The standard InChI is InChI=1S/C17H12BrN/c18-15-8-11-17-14(12-15)7-10-16(19-17)9-6-13-4-2-1-3-5-13/h1-12H. The van der Waals surface area contributed by atoms with Gasteiger partial charge in [0.2, 0.25) is 0 Å². The molecule has 0 radical (unpaired) electrons. The number of aromatic nitrogens is 1. The number of fused-ring (bicyclic) bond motifs is 1. The molecule has 0 unspecified atom stereocenters. The van der Waals surface area contributed by atoms with Crippen LogP contribution in [-0.4, -0.2) is 4.98 Å². The van der Waals surface area contributed by atoms with Crippen LogP contribution in [0.3, 0.4) is 0 Å². The summed E-state index contributed by atoms with van der Waals surface area (Å²) in [7, 11) is 0. The summed E-state index contributed by atoms with van der Waals surface area (Å²) in [6.07, 6.45) is 4.11. The molecule has 2 aromatic carbocycles. The van der Waals surface area contributed by atoms with E-state index < -0.39 is 0 Å². The molecule has 0 amide bonds. The molecular weight excluding hydrogens is 298 g/mol. The minimum Gasteiger partial charge on any atom is -0.248 e. The van der Waals surface area contributed by atoms with Crippen LogP contribution in [0.2, 0.25) is 0 Å². The van der Waals surface area contributed by atoms with Crippen molar-refractivity contribution in [3.63, 3.8) is 0 Å². The van der Waals surface area contributed by atoms with Gasteiger partial charge >= 0.3 is 0 Å². The smallest absolute Gasteiger partial charge is 0.0710 e. The Morgan fingerprint density at radius 3 is 2.53 bits per heavy atom. The van der Waals surface area contributed by atoms with Gasteiger partial charge in [0.05, 0.1) is 11.2 Å². The van der Waals surface area contributed by atoms with Gasteiger partial charge in [0.1, 0.15) is 0 Å². The number of nitrogens with zero attached hydrogens (tertiary/aromatic N) is 1. The van der Waals surface area contributed by atoms with Crippen molar-refractivity contribution in [3.05, 3.63) is 76.4 Å². The van der Waals surface area contributed by atoms with Gasteiger partial charge in [-0.05, 0) is 35.9 Å². The molecule has 1 aromatic heterocycles. The normalized spacial score (nSPS) is 11.2. The molecule has 3 rings (SSSR count). The molecule has 3 aromatic rings. The van der Waals surface area contributed by atoms with Crippen molar-refractivity contribution in [3.8, 4) is 0 Å². The van der Waals surface area contributed by atoms with E-state index in [-0.39, 0.29) is 0 Å². The van der Waals surface area contributed by atoms with Crippen molar-refractivity contribution < 1.29 is 0 Å². The van der Waals surface area contributed by atoms with Crippen molar-refractivity contribution in [2.24, 2.45) is 0 Å². The summed E-state index contributed by atoms with van der Waals surface area (Å²) in [4.78, 5) is 4.62. The molecule has 2 heteroatoms. The van der Waals surface area contributed by atoms with E-state index in [4.69, 9.17) is 0 Å². The molecule has 1 heterocycles. The molecule has 0 aliphatic rings. The summed E-state index contributed by atoms with van der Waals surface area (Å²) >= 11 is 3.47. The summed E-state index contributed by atoms with van der Waals surface area (Å²) in [5.74, 6) is 0. The highest BCUT2D eigenvalue weighted by Gasteiger charge is 1.97. The van der Waals surface area contributed by atoms with Gasteiger partial charge in [0, 0.05) is 9.86 Å². The Balaban J connectivity index is 1.94. The number of rotatable bonds is 2. The summed E-state index contributed by atoms with van der Waals surface area (Å²) < 4.78 is 1.08. The second-order valence-electron chi connectivity index (χ2n) is 4.32. The third kappa shape index (κ3) is 2.91. The highest BCUT2D eigenvalue weighted by atomic mass is 79.9. The van der Waals surface area contributed by atoms with Gasteiger partial charge in [-0.3, -0.25) is 0 Å². The molecule has 92 valence electrons. The van der Waals surface area contributed by atoms with Gasteiger partial charge < -0.3 is 0 Å². The maximum absolute atomic E-state index is 4.62. The molecule has 0 bridgehead atoms. The largest absolute Gasteiger partial charge is 0.248 e. The van der Waals surface area contributed by atoms with Crippen molar-refractivity contribution in [2.75, 3.05) is 0 Å². The highest BCUT2D eigenvalue weighted by Crippen LogP contribution is 2.19. The molecule has 0 aliphatic carbocycles. The lowest BCUT2D eigenvalue weighted by Crippen LogP contribution is -1.83. The summed E-state index contributed by atoms with van der Waals surface area (Å²) in [5, 5.41) is 1.14. The number of benzene rings is 2. The molecule has 0 atom stereocenters.